The Bertz CT molecular complexity index is 1340. The summed E-state index contributed by atoms with van der Waals surface area (Å²) < 4.78 is 6.17. The van der Waals surface area contributed by atoms with Crippen molar-refractivity contribution in [3.63, 3.8) is 0 Å². The van der Waals surface area contributed by atoms with E-state index in [0.717, 1.165) is 60.6 Å². The van der Waals surface area contributed by atoms with Crippen molar-refractivity contribution in [2.75, 3.05) is 11.5 Å². The number of nitrogen functional groups attached to an aromatic ring is 2. The van der Waals surface area contributed by atoms with E-state index in [2.05, 4.69) is 34.6 Å². The van der Waals surface area contributed by atoms with Crippen molar-refractivity contribution < 1.29 is 19.3 Å². The summed E-state index contributed by atoms with van der Waals surface area (Å²) in [6.45, 7) is 12.8. The van der Waals surface area contributed by atoms with E-state index in [9.17, 15) is 4.79 Å². The van der Waals surface area contributed by atoms with E-state index < -0.39 is 0 Å². The molecule has 2 aromatic carbocycles. The van der Waals surface area contributed by atoms with Crippen LogP contribution in [0.25, 0.3) is 0 Å². The third-order valence-electron chi connectivity index (χ3n) is 13.6. The van der Waals surface area contributed by atoms with Gasteiger partial charge < -0.3 is 16.2 Å². The van der Waals surface area contributed by atoms with Crippen LogP contribution in [0, 0.1) is 52.3 Å². The molecule has 0 aliphatic heterocycles. The molecule has 6 rings (SSSR count). The lowest BCUT2D eigenvalue weighted by atomic mass is 9.43. The molecule has 4 saturated carbocycles. The highest BCUT2D eigenvalue weighted by Gasteiger charge is 2.63. The number of carbonyl (C=O) groups excluding carboxylic acids is 1. The second-order valence-electron chi connectivity index (χ2n) is 16.8. The summed E-state index contributed by atoms with van der Waals surface area (Å²) >= 11 is 0. The highest BCUT2D eigenvalue weighted by Crippen LogP contribution is 2.68. The molecule has 10 atom stereocenters. The standard InChI is InChI=1S/C41H60N2O4/c1-26(2)7-6-8-27(3)34-17-18-35-33-24-38(47-45-25-28-9-13-30(42)14-10-28)37-23-32(46-39(44)29-11-15-31(43)16-12-29)19-21-41(37,5)36(33)20-22-40(34,35)4/h9-16,26-27,32-38H,6-8,17-25,42-43H2,1-5H3. The molecule has 0 amide bonds. The monoisotopic (exact) mass is 644 g/mol. The summed E-state index contributed by atoms with van der Waals surface area (Å²) in [5.74, 6) is 4.44. The average molecular weight is 645 g/mol. The van der Waals surface area contributed by atoms with Crippen LogP contribution >= 0.6 is 0 Å². The van der Waals surface area contributed by atoms with Gasteiger partial charge >= 0.3 is 5.97 Å². The van der Waals surface area contributed by atoms with Gasteiger partial charge in [0.1, 0.15) is 12.7 Å². The molecule has 0 spiro atoms. The van der Waals surface area contributed by atoms with Crippen molar-refractivity contribution in [2.45, 2.75) is 124 Å². The van der Waals surface area contributed by atoms with Gasteiger partial charge in [0.15, 0.2) is 0 Å². The molecule has 4 aliphatic carbocycles. The minimum absolute atomic E-state index is 0.0297. The van der Waals surface area contributed by atoms with Gasteiger partial charge in [-0.1, -0.05) is 66.0 Å². The number of benzene rings is 2. The zero-order chi connectivity index (χ0) is 33.3. The van der Waals surface area contributed by atoms with E-state index in [1.165, 1.54) is 44.9 Å². The van der Waals surface area contributed by atoms with E-state index in [4.69, 9.17) is 26.0 Å². The molecule has 0 bridgehead atoms. The largest absolute Gasteiger partial charge is 0.459 e. The third kappa shape index (κ3) is 7.11. The predicted octanol–water partition coefficient (Wildman–Crippen LogP) is 9.62. The maximum Gasteiger partial charge on any atom is 0.338 e. The highest BCUT2D eigenvalue weighted by atomic mass is 17.2. The number of rotatable bonds is 11. The number of ether oxygens (including phenoxy) is 1. The van der Waals surface area contributed by atoms with Gasteiger partial charge in [-0.25, -0.2) is 14.6 Å². The van der Waals surface area contributed by atoms with Crippen LogP contribution in [-0.4, -0.2) is 18.2 Å². The molecule has 4 fully saturated rings. The topological polar surface area (TPSA) is 96.8 Å². The SMILES string of the molecule is CC(C)CCCC(C)C1CCC2C3CC(OOCc4ccc(N)cc4)C4CC(OC(=O)c5ccc(N)cc5)CCC4(C)C3CCC12C. The molecule has 258 valence electrons. The van der Waals surface area contributed by atoms with Crippen LogP contribution in [0.15, 0.2) is 48.5 Å². The summed E-state index contributed by atoms with van der Waals surface area (Å²) in [5, 5.41) is 0. The quantitative estimate of drug-likeness (QED) is 0.109. The first-order valence-corrected chi connectivity index (χ1v) is 18.7. The normalized spacial score (nSPS) is 35.5. The van der Waals surface area contributed by atoms with Crippen LogP contribution in [0.1, 0.15) is 121 Å². The molecule has 6 nitrogen and oxygen atoms in total. The molecule has 0 heterocycles. The second-order valence-corrected chi connectivity index (χ2v) is 16.8. The van der Waals surface area contributed by atoms with Gasteiger partial charge in [0, 0.05) is 11.4 Å². The van der Waals surface area contributed by atoms with Gasteiger partial charge in [-0.05, 0) is 146 Å². The van der Waals surface area contributed by atoms with E-state index in [0.29, 0.717) is 35.1 Å². The molecular formula is C41H60N2O4. The molecule has 2 aromatic rings. The van der Waals surface area contributed by atoms with Crippen molar-refractivity contribution in [1.29, 1.82) is 0 Å². The van der Waals surface area contributed by atoms with Crippen LogP contribution in [-0.2, 0) is 21.1 Å². The van der Waals surface area contributed by atoms with Crippen LogP contribution in [0.3, 0.4) is 0 Å². The molecule has 10 unspecified atom stereocenters. The lowest BCUT2D eigenvalue weighted by Crippen LogP contribution is -2.59. The van der Waals surface area contributed by atoms with Crippen molar-refractivity contribution in [3.8, 4) is 0 Å². The Balaban J connectivity index is 1.19. The van der Waals surface area contributed by atoms with E-state index in [1.54, 1.807) is 24.3 Å². The summed E-state index contributed by atoms with van der Waals surface area (Å²) in [5.41, 5.74) is 15.3. The number of anilines is 2. The van der Waals surface area contributed by atoms with Crippen LogP contribution in [0.2, 0.25) is 0 Å². The fraction of sp³-hybridized carbons (Fsp3) is 0.683. The number of hydrogen-bond donors (Lipinski definition) is 2. The molecule has 47 heavy (non-hydrogen) atoms. The Kier molecular flexibility index (Phi) is 10.3. The average Bonchev–Trinajstić information content (AvgIpc) is 3.40. The summed E-state index contributed by atoms with van der Waals surface area (Å²) in [6, 6.07) is 14.8. The molecule has 4 aliphatic rings. The zero-order valence-electron chi connectivity index (χ0n) is 29.6. The number of fused-ring (bicyclic) bond motifs is 5. The molecule has 0 aromatic heterocycles. The maximum atomic E-state index is 13.1. The van der Waals surface area contributed by atoms with Gasteiger partial charge in [-0.2, -0.15) is 0 Å². The van der Waals surface area contributed by atoms with E-state index >= 15 is 0 Å². The zero-order valence-corrected chi connectivity index (χ0v) is 29.6. The van der Waals surface area contributed by atoms with E-state index in [-0.39, 0.29) is 29.5 Å². The van der Waals surface area contributed by atoms with Gasteiger partial charge in [0.05, 0.1) is 11.7 Å². The Morgan fingerprint density at radius 1 is 0.809 bits per heavy atom. The smallest absolute Gasteiger partial charge is 0.338 e. The van der Waals surface area contributed by atoms with Gasteiger partial charge in [0.25, 0.3) is 0 Å². The first-order valence-electron chi connectivity index (χ1n) is 18.7. The van der Waals surface area contributed by atoms with Gasteiger partial charge in [-0.3, -0.25) is 0 Å². The number of nitrogens with two attached hydrogens (primary N) is 2. The molecule has 0 radical (unpaired) electrons. The summed E-state index contributed by atoms with van der Waals surface area (Å²) in [6.07, 6.45) is 13.0. The van der Waals surface area contributed by atoms with Gasteiger partial charge in [-0.15, -0.1) is 0 Å². The minimum Gasteiger partial charge on any atom is -0.459 e. The molecule has 0 saturated heterocycles. The Morgan fingerprint density at radius 3 is 2.17 bits per heavy atom. The van der Waals surface area contributed by atoms with Crippen molar-refractivity contribution in [1.82, 2.24) is 0 Å². The van der Waals surface area contributed by atoms with Crippen molar-refractivity contribution >= 4 is 17.3 Å². The summed E-state index contributed by atoms with van der Waals surface area (Å²) in [7, 11) is 0. The lowest BCUT2D eigenvalue weighted by molar-refractivity contribution is -0.365. The third-order valence-corrected chi connectivity index (χ3v) is 13.6. The predicted molar refractivity (Wildman–Crippen MR) is 189 cm³/mol. The lowest BCUT2D eigenvalue weighted by Gasteiger charge is -2.62. The number of esters is 1. The first-order chi connectivity index (χ1) is 22.5. The van der Waals surface area contributed by atoms with Crippen molar-refractivity contribution in [3.05, 3.63) is 59.7 Å². The Hall–Kier alpha value is -2.57. The molecular weight excluding hydrogens is 584 g/mol. The highest BCUT2D eigenvalue weighted by molar-refractivity contribution is 5.89. The maximum absolute atomic E-state index is 13.1. The Morgan fingerprint density at radius 2 is 1.47 bits per heavy atom. The van der Waals surface area contributed by atoms with Crippen molar-refractivity contribution in [2.24, 2.45) is 52.3 Å². The Labute approximate surface area is 283 Å². The van der Waals surface area contributed by atoms with Gasteiger partial charge in [0.2, 0.25) is 0 Å². The fourth-order valence-corrected chi connectivity index (χ4v) is 11.1. The fourth-order valence-electron chi connectivity index (χ4n) is 11.1. The van der Waals surface area contributed by atoms with Crippen LogP contribution in [0.5, 0.6) is 0 Å². The van der Waals surface area contributed by atoms with Crippen LogP contribution < -0.4 is 11.5 Å². The summed E-state index contributed by atoms with van der Waals surface area (Å²) in [4.78, 5) is 25.7. The van der Waals surface area contributed by atoms with Crippen LogP contribution in [0.4, 0.5) is 11.4 Å². The second kappa shape index (κ2) is 14.1. The van der Waals surface area contributed by atoms with E-state index in [1.807, 2.05) is 24.3 Å². The minimum atomic E-state index is -0.266. The number of carbonyl (C=O) groups is 1. The molecule has 6 heteroatoms. The first kappa shape index (κ1) is 34.3. The molecule has 4 N–H and O–H groups in total. The number of hydrogen-bond acceptors (Lipinski definition) is 6.